The van der Waals surface area contributed by atoms with Crippen LogP contribution in [0.1, 0.15) is 56.1 Å². The van der Waals surface area contributed by atoms with E-state index < -0.39 is 0 Å². The minimum atomic E-state index is 0.448. The predicted octanol–water partition coefficient (Wildman–Crippen LogP) is 3.40. The van der Waals surface area contributed by atoms with Crippen molar-refractivity contribution in [2.45, 2.75) is 51.0 Å². The van der Waals surface area contributed by atoms with Crippen LogP contribution in [0.4, 0.5) is 0 Å². The molecule has 0 heterocycles. The molecule has 1 heteroatoms. The molecule has 1 aliphatic rings. The van der Waals surface area contributed by atoms with Gasteiger partial charge in [-0.25, -0.2) is 0 Å². The van der Waals surface area contributed by atoms with E-state index in [1.54, 1.807) is 0 Å². The first-order valence-electron chi connectivity index (χ1n) is 6.06. The van der Waals surface area contributed by atoms with E-state index in [0.29, 0.717) is 12.0 Å². The van der Waals surface area contributed by atoms with Gasteiger partial charge in [0.05, 0.1) is 0 Å². The Hall–Kier alpha value is -0.820. The third-order valence-corrected chi connectivity index (χ3v) is 3.76. The molecule has 2 N–H and O–H groups in total. The highest BCUT2D eigenvalue weighted by molar-refractivity contribution is 5.29. The lowest BCUT2D eigenvalue weighted by atomic mass is 9.76. The van der Waals surface area contributed by atoms with Gasteiger partial charge in [-0.3, -0.25) is 0 Å². The van der Waals surface area contributed by atoms with Crippen LogP contribution >= 0.6 is 0 Å². The molecule has 15 heavy (non-hydrogen) atoms. The SMILES string of the molecule is CCC(C)c1ccc(C2CC(N)C2)cc1. The average Bonchev–Trinajstić information content (AvgIpc) is 2.24. The van der Waals surface area contributed by atoms with Crippen LogP contribution in [0.3, 0.4) is 0 Å². The molecule has 1 aliphatic carbocycles. The second kappa shape index (κ2) is 4.36. The van der Waals surface area contributed by atoms with Gasteiger partial charge in [-0.05, 0) is 42.2 Å². The quantitative estimate of drug-likeness (QED) is 0.800. The molecule has 1 atom stereocenters. The molecule has 0 radical (unpaired) electrons. The summed E-state index contributed by atoms with van der Waals surface area (Å²) in [6.07, 6.45) is 3.55. The van der Waals surface area contributed by atoms with Crippen molar-refractivity contribution in [3.63, 3.8) is 0 Å². The number of nitrogens with two attached hydrogens (primary N) is 1. The summed E-state index contributed by atoms with van der Waals surface area (Å²) < 4.78 is 0. The highest BCUT2D eigenvalue weighted by atomic mass is 14.7. The fourth-order valence-electron chi connectivity index (χ4n) is 2.27. The Labute approximate surface area is 92.7 Å². The van der Waals surface area contributed by atoms with Gasteiger partial charge < -0.3 is 5.73 Å². The zero-order chi connectivity index (χ0) is 10.8. The molecule has 1 saturated carbocycles. The predicted molar refractivity (Wildman–Crippen MR) is 65.1 cm³/mol. The molecule has 0 spiro atoms. The van der Waals surface area contributed by atoms with Crippen LogP contribution in [0.25, 0.3) is 0 Å². The maximum atomic E-state index is 5.81. The largest absolute Gasteiger partial charge is 0.328 e. The highest BCUT2D eigenvalue weighted by Crippen LogP contribution is 2.36. The van der Waals surface area contributed by atoms with Crippen molar-refractivity contribution >= 4 is 0 Å². The number of hydrogen-bond donors (Lipinski definition) is 1. The first-order chi connectivity index (χ1) is 7.20. The monoisotopic (exact) mass is 203 g/mol. The normalized spacial score (nSPS) is 27.1. The maximum Gasteiger partial charge on any atom is 0.00504 e. The minimum absolute atomic E-state index is 0.448. The lowest BCUT2D eigenvalue weighted by Gasteiger charge is -2.32. The van der Waals surface area contributed by atoms with E-state index in [4.69, 9.17) is 5.73 Å². The maximum absolute atomic E-state index is 5.81. The summed E-state index contributed by atoms with van der Waals surface area (Å²) in [7, 11) is 0. The van der Waals surface area contributed by atoms with Crippen LogP contribution < -0.4 is 5.73 Å². The summed E-state index contributed by atoms with van der Waals surface area (Å²) in [5.41, 5.74) is 8.74. The van der Waals surface area contributed by atoms with Gasteiger partial charge in [0.1, 0.15) is 0 Å². The van der Waals surface area contributed by atoms with Gasteiger partial charge in [0, 0.05) is 6.04 Å². The van der Waals surface area contributed by atoms with E-state index >= 15 is 0 Å². The Morgan fingerprint density at radius 2 is 1.87 bits per heavy atom. The summed E-state index contributed by atoms with van der Waals surface area (Å²) >= 11 is 0. The molecule has 1 fully saturated rings. The number of hydrogen-bond acceptors (Lipinski definition) is 1. The molecule has 1 nitrogen and oxygen atoms in total. The Morgan fingerprint density at radius 3 is 2.33 bits per heavy atom. The van der Waals surface area contributed by atoms with Gasteiger partial charge in [-0.1, -0.05) is 38.1 Å². The molecule has 2 rings (SSSR count). The lowest BCUT2D eigenvalue weighted by Crippen LogP contribution is -2.34. The van der Waals surface area contributed by atoms with Gasteiger partial charge in [-0.2, -0.15) is 0 Å². The van der Waals surface area contributed by atoms with Crippen molar-refractivity contribution in [1.82, 2.24) is 0 Å². The van der Waals surface area contributed by atoms with E-state index in [-0.39, 0.29) is 0 Å². The molecular weight excluding hydrogens is 182 g/mol. The topological polar surface area (TPSA) is 26.0 Å². The molecule has 1 aromatic carbocycles. The molecular formula is C14H21N. The fourth-order valence-corrected chi connectivity index (χ4v) is 2.27. The van der Waals surface area contributed by atoms with Crippen LogP contribution in [0.2, 0.25) is 0 Å². The second-order valence-electron chi connectivity index (χ2n) is 4.90. The van der Waals surface area contributed by atoms with Crippen molar-refractivity contribution in [3.05, 3.63) is 35.4 Å². The van der Waals surface area contributed by atoms with Gasteiger partial charge in [0.15, 0.2) is 0 Å². The summed E-state index contributed by atoms with van der Waals surface area (Å²) in [6.45, 7) is 4.53. The van der Waals surface area contributed by atoms with E-state index in [0.717, 1.165) is 5.92 Å². The van der Waals surface area contributed by atoms with Crippen molar-refractivity contribution in [1.29, 1.82) is 0 Å². The lowest BCUT2D eigenvalue weighted by molar-refractivity contribution is 0.351. The molecule has 0 saturated heterocycles. The average molecular weight is 203 g/mol. The summed E-state index contributed by atoms with van der Waals surface area (Å²) in [5.74, 6) is 1.41. The summed E-state index contributed by atoms with van der Waals surface area (Å²) in [4.78, 5) is 0. The molecule has 0 bridgehead atoms. The molecule has 0 aromatic heterocycles. The highest BCUT2D eigenvalue weighted by Gasteiger charge is 2.26. The summed E-state index contributed by atoms with van der Waals surface area (Å²) in [5, 5.41) is 0. The standard InChI is InChI=1S/C14H21N/c1-3-10(2)11-4-6-12(7-5-11)13-8-14(15)9-13/h4-7,10,13-14H,3,8-9,15H2,1-2H3. The first kappa shape index (κ1) is 10.7. The van der Waals surface area contributed by atoms with E-state index in [1.165, 1.54) is 30.4 Å². The molecule has 82 valence electrons. The Balaban J connectivity index is 2.04. The van der Waals surface area contributed by atoms with E-state index in [1.807, 2.05) is 0 Å². The van der Waals surface area contributed by atoms with Crippen LogP contribution in [0.5, 0.6) is 0 Å². The van der Waals surface area contributed by atoms with Crippen LogP contribution in [0, 0.1) is 0 Å². The van der Waals surface area contributed by atoms with Gasteiger partial charge >= 0.3 is 0 Å². The van der Waals surface area contributed by atoms with E-state index in [9.17, 15) is 0 Å². The molecule has 0 aliphatic heterocycles. The fraction of sp³-hybridized carbons (Fsp3) is 0.571. The first-order valence-corrected chi connectivity index (χ1v) is 6.06. The van der Waals surface area contributed by atoms with Crippen molar-refractivity contribution in [3.8, 4) is 0 Å². The third kappa shape index (κ3) is 2.23. The van der Waals surface area contributed by atoms with Crippen molar-refractivity contribution in [2.24, 2.45) is 5.73 Å². The van der Waals surface area contributed by atoms with Crippen LogP contribution in [0.15, 0.2) is 24.3 Å². The summed E-state index contributed by atoms with van der Waals surface area (Å²) in [6, 6.07) is 9.60. The van der Waals surface area contributed by atoms with Crippen LogP contribution in [-0.4, -0.2) is 6.04 Å². The van der Waals surface area contributed by atoms with Crippen molar-refractivity contribution in [2.75, 3.05) is 0 Å². The van der Waals surface area contributed by atoms with Gasteiger partial charge in [0.25, 0.3) is 0 Å². The van der Waals surface area contributed by atoms with Crippen LogP contribution in [-0.2, 0) is 0 Å². The minimum Gasteiger partial charge on any atom is -0.328 e. The Kier molecular flexibility index (Phi) is 3.11. The third-order valence-electron chi connectivity index (χ3n) is 3.76. The Bertz CT molecular complexity index is 309. The van der Waals surface area contributed by atoms with Crippen molar-refractivity contribution < 1.29 is 0 Å². The van der Waals surface area contributed by atoms with Gasteiger partial charge in [-0.15, -0.1) is 0 Å². The molecule has 1 aromatic rings. The molecule has 0 amide bonds. The zero-order valence-electron chi connectivity index (χ0n) is 9.74. The molecule has 1 unspecified atom stereocenters. The second-order valence-corrected chi connectivity index (χ2v) is 4.90. The smallest absolute Gasteiger partial charge is 0.00504 e. The number of benzene rings is 1. The number of rotatable bonds is 3. The zero-order valence-corrected chi connectivity index (χ0v) is 9.74. The van der Waals surface area contributed by atoms with Gasteiger partial charge in [0.2, 0.25) is 0 Å². The Morgan fingerprint density at radius 1 is 1.27 bits per heavy atom. The van der Waals surface area contributed by atoms with E-state index in [2.05, 4.69) is 38.1 Å².